The van der Waals surface area contributed by atoms with Gasteiger partial charge in [0.15, 0.2) is 0 Å². The summed E-state index contributed by atoms with van der Waals surface area (Å²) in [5.74, 6) is -0.946. The molecule has 0 spiro atoms. The van der Waals surface area contributed by atoms with Gasteiger partial charge in [0, 0.05) is 19.2 Å². The van der Waals surface area contributed by atoms with Gasteiger partial charge in [-0.1, -0.05) is 6.58 Å². The Morgan fingerprint density at radius 3 is 2.60 bits per heavy atom. The fraction of sp³-hybridized carbons (Fsp3) is 0.625. The number of carbonyl (C=O) groups is 1. The molecule has 88 valence electrons. The van der Waals surface area contributed by atoms with E-state index in [1.807, 2.05) is 0 Å². The average Bonchev–Trinajstić information content (AvgIpc) is 2.14. The Morgan fingerprint density at radius 2 is 2.20 bits per heavy atom. The zero-order valence-corrected chi connectivity index (χ0v) is 9.37. The Hall–Kier alpha value is -0.920. The van der Waals surface area contributed by atoms with Gasteiger partial charge in [0.05, 0.1) is 5.75 Å². The SMILES string of the molecule is C=CC(=O)ON(CC)CCCS(=O)(=O)O. The molecule has 1 N–H and O–H groups in total. The third kappa shape index (κ3) is 8.10. The minimum atomic E-state index is -3.95. The van der Waals surface area contributed by atoms with Gasteiger partial charge in [-0.05, 0) is 13.3 Å². The highest BCUT2D eigenvalue weighted by Gasteiger charge is 2.09. The van der Waals surface area contributed by atoms with Crippen LogP contribution in [0.1, 0.15) is 13.3 Å². The summed E-state index contributed by atoms with van der Waals surface area (Å²) in [4.78, 5) is 15.6. The van der Waals surface area contributed by atoms with Crippen LogP contribution in [0.5, 0.6) is 0 Å². The zero-order chi connectivity index (χ0) is 11.9. The molecule has 15 heavy (non-hydrogen) atoms. The lowest BCUT2D eigenvalue weighted by atomic mass is 10.5. The Kier molecular flexibility index (Phi) is 6.14. The summed E-state index contributed by atoms with van der Waals surface area (Å²) in [5.41, 5.74) is 0. The molecule has 0 aliphatic carbocycles. The molecule has 0 heterocycles. The second-order valence-electron chi connectivity index (χ2n) is 2.78. The summed E-state index contributed by atoms with van der Waals surface area (Å²) in [7, 11) is -3.95. The van der Waals surface area contributed by atoms with E-state index in [9.17, 15) is 13.2 Å². The molecule has 0 aromatic carbocycles. The fourth-order valence-corrected chi connectivity index (χ4v) is 1.35. The van der Waals surface area contributed by atoms with Crippen molar-refractivity contribution in [2.75, 3.05) is 18.8 Å². The van der Waals surface area contributed by atoms with Crippen LogP contribution in [0.15, 0.2) is 12.7 Å². The number of hydrogen-bond acceptors (Lipinski definition) is 5. The van der Waals surface area contributed by atoms with Crippen LogP contribution in [0.4, 0.5) is 0 Å². The molecule has 0 atom stereocenters. The Bertz CT molecular complexity index is 311. The second kappa shape index (κ2) is 6.54. The molecule has 0 unspecified atom stereocenters. The van der Waals surface area contributed by atoms with Gasteiger partial charge < -0.3 is 4.84 Å². The van der Waals surface area contributed by atoms with Gasteiger partial charge in [-0.15, -0.1) is 5.06 Å². The van der Waals surface area contributed by atoms with Crippen molar-refractivity contribution < 1.29 is 22.6 Å². The van der Waals surface area contributed by atoms with E-state index < -0.39 is 16.1 Å². The first-order valence-electron chi connectivity index (χ1n) is 4.43. The smallest absolute Gasteiger partial charge is 0.349 e. The second-order valence-corrected chi connectivity index (χ2v) is 4.35. The summed E-state index contributed by atoms with van der Waals surface area (Å²) in [6.07, 6.45) is 1.21. The van der Waals surface area contributed by atoms with Gasteiger partial charge in [0.2, 0.25) is 0 Å². The van der Waals surface area contributed by atoms with Crippen LogP contribution < -0.4 is 0 Å². The monoisotopic (exact) mass is 237 g/mol. The van der Waals surface area contributed by atoms with Crippen molar-refractivity contribution in [2.24, 2.45) is 0 Å². The van der Waals surface area contributed by atoms with Gasteiger partial charge in [0.1, 0.15) is 0 Å². The maximum absolute atomic E-state index is 10.8. The lowest BCUT2D eigenvalue weighted by molar-refractivity contribution is -0.183. The van der Waals surface area contributed by atoms with E-state index in [2.05, 4.69) is 6.58 Å². The van der Waals surface area contributed by atoms with Crippen molar-refractivity contribution in [1.82, 2.24) is 5.06 Å². The van der Waals surface area contributed by atoms with Crippen LogP contribution in [0.3, 0.4) is 0 Å². The summed E-state index contributed by atoms with van der Waals surface area (Å²) in [5, 5.41) is 1.30. The van der Waals surface area contributed by atoms with Gasteiger partial charge in [-0.2, -0.15) is 8.42 Å². The number of hydrogen-bond donors (Lipinski definition) is 1. The van der Waals surface area contributed by atoms with Crippen molar-refractivity contribution in [3.05, 3.63) is 12.7 Å². The van der Waals surface area contributed by atoms with E-state index in [1.54, 1.807) is 6.92 Å². The minimum Gasteiger partial charge on any atom is -0.364 e. The Balaban J connectivity index is 3.91. The topological polar surface area (TPSA) is 83.9 Å². The predicted octanol–water partition coefficient (Wildman–Crippen LogP) is 0.230. The molecule has 0 fully saturated rings. The van der Waals surface area contributed by atoms with Crippen molar-refractivity contribution in [2.45, 2.75) is 13.3 Å². The van der Waals surface area contributed by atoms with Gasteiger partial charge in [-0.25, -0.2) is 4.79 Å². The average molecular weight is 237 g/mol. The molecule has 0 aliphatic rings. The predicted molar refractivity (Wildman–Crippen MR) is 54.6 cm³/mol. The molecule has 0 rings (SSSR count). The maximum atomic E-state index is 10.8. The molecule has 0 aliphatic heterocycles. The first kappa shape index (κ1) is 14.1. The lowest BCUT2D eigenvalue weighted by Crippen LogP contribution is -2.28. The first-order valence-corrected chi connectivity index (χ1v) is 6.04. The van der Waals surface area contributed by atoms with Crippen LogP contribution in [0.25, 0.3) is 0 Å². The van der Waals surface area contributed by atoms with E-state index in [-0.39, 0.29) is 18.7 Å². The van der Waals surface area contributed by atoms with Gasteiger partial charge in [-0.3, -0.25) is 4.55 Å². The normalized spacial score (nSPS) is 11.4. The molecular weight excluding hydrogens is 222 g/mol. The summed E-state index contributed by atoms with van der Waals surface area (Å²) in [6, 6.07) is 0. The van der Waals surface area contributed by atoms with Gasteiger partial charge >= 0.3 is 5.97 Å². The van der Waals surface area contributed by atoms with Crippen LogP contribution in [-0.2, 0) is 19.8 Å². The van der Waals surface area contributed by atoms with Crippen LogP contribution >= 0.6 is 0 Å². The highest BCUT2D eigenvalue weighted by atomic mass is 32.2. The molecule has 0 bridgehead atoms. The summed E-state index contributed by atoms with van der Waals surface area (Å²) >= 11 is 0. The quantitative estimate of drug-likeness (QED) is 0.387. The van der Waals surface area contributed by atoms with E-state index in [0.29, 0.717) is 6.54 Å². The molecule has 0 aromatic heterocycles. The van der Waals surface area contributed by atoms with Crippen LogP contribution in [0, 0.1) is 0 Å². The molecule has 0 aromatic rings. The van der Waals surface area contributed by atoms with Crippen molar-refractivity contribution in [1.29, 1.82) is 0 Å². The molecule has 0 amide bonds. The van der Waals surface area contributed by atoms with Crippen LogP contribution in [0.2, 0.25) is 0 Å². The third-order valence-electron chi connectivity index (χ3n) is 1.55. The maximum Gasteiger partial charge on any atom is 0.349 e. The Morgan fingerprint density at radius 1 is 1.60 bits per heavy atom. The van der Waals surface area contributed by atoms with Crippen LogP contribution in [-0.4, -0.2) is 42.8 Å². The molecular formula is C8H15NO5S. The molecule has 0 radical (unpaired) electrons. The highest BCUT2D eigenvalue weighted by molar-refractivity contribution is 7.85. The zero-order valence-electron chi connectivity index (χ0n) is 8.55. The summed E-state index contributed by atoms with van der Waals surface area (Å²) in [6.45, 7) is 5.67. The number of rotatable bonds is 7. The molecule has 7 heteroatoms. The minimum absolute atomic E-state index is 0.192. The lowest BCUT2D eigenvalue weighted by Gasteiger charge is -2.17. The van der Waals surface area contributed by atoms with E-state index >= 15 is 0 Å². The first-order chi connectivity index (χ1) is 6.89. The fourth-order valence-electron chi connectivity index (χ4n) is 0.856. The van der Waals surface area contributed by atoms with Gasteiger partial charge in [0.25, 0.3) is 10.1 Å². The number of hydroxylamine groups is 2. The number of nitrogens with zero attached hydrogens (tertiary/aromatic N) is 1. The van der Waals surface area contributed by atoms with E-state index in [0.717, 1.165) is 6.08 Å². The van der Waals surface area contributed by atoms with E-state index in [4.69, 9.17) is 9.39 Å². The molecule has 6 nitrogen and oxygen atoms in total. The highest BCUT2D eigenvalue weighted by Crippen LogP contribution is 1.96. The largest absolute Gasteiger partial charge is 0.364 e. The van der Waals surface area contributed by atoms with Crippen molar-refractivity contribution >= 4 is 16.1 Å². The number of carbonyl (C=O) groups excluding carboxylic acids is 1. The Labute approximate surface area is 89.2 Å². The van der Waals surface area contributed by atoms with Crippen molar-refractivity contribution in [3.8, 4) is 0 Å². The standard InChI is InChI=1S/C8H15NO5S/c1-3-8(10)14-9(4-2)6-5-7-15(11,12)13/h3H,1,4-7H2,2H3,(H,11,12,13). The van der Waals surface area contributed by atoms with E-state index in [1.165, 1.54) is 5.06 Å². The molecule has 0 saturated heterocycles. The summed E-state index contributed by atoms with van der Waals surface area (Å²) < 4.78 is 29.2. The van der Waals surface area contributed by atoms with Crippen molar-refractivity contribution in [3.63, 3.8) is 0 Å². The third-order valence-corrected chi connectivity index (χ3v) is 2.35. The molecule has 0 saturated carbocycles.